The fourth-order valence-electron chi connectivity index (χ4n) is 2.39. The van der Waals surface area contributed by atoms with Crippen LogP contribution in [-0.4, -0.2) is 30.3 Å². The molecule has 0 spiro atoms. The largest absolute Gasteiger partial charge is 0.497 e. The number of hydrogen-bond donors (Lipinski definition) is 1. The van der Waals surface area contributed by atoms with Crippen LogP contribution in [0.2, 0.25) is 0 Å². The predicted molar refractivity (Wildman–Crippen MR) is 107 cm³/mol. The molecule has 1 N–H and O–H groups in total. The molecule has 0 bridgehead atoms. The van der Waals surface area contributed by atoms with E-state index in [9.17, 15) is 9.59 Å². The standard InChI is InChI=1S/C18H14BrN3O3S/c1-25-14-8-4-12(5-9-14)20-10-15-16(23)21-18(26)22(17(15)24)13-6-2-11(19)3-7-13/h2-10,15H,1H3,(H,21,23,26)/t15-/m1/s1. The molecule has 2 amide bonds. The fraction of sp³-hybridized carbons (Fsp3) is 0.111. The predicted octanol–water partition coefficient (Wildman–Crippen LogP) is 3.22. The normalized spacial score (nSPS) is 17.5. The number of benzene rings is 2. The van der Waals surface area contributed by atoms with E-state index in [-0.39, 0.29) is 5.11 Å². The smallest absolute Gasteiger partial charge is 0.251 e. The van der Waals surface area contributed by atoms with Gasteiger partial charge in [-0.25, -0.2) is 0 Å². The summed E-state index contributed by atoms with van der Waals surface area (Å²) in [5, 5.41) is 2.60. The number of carbonyl (C=O) groups is 2. The monoisotopic (exact) mass is 431 g/mol. The van der Waals surface area contributed by atoms with Gasteiger partial charge in [0, 0.05) is 10.7 Å². The zero-order valence-corrected chi connectivity index (χ0v) is 16.1. The van der Waals surface area contributed by atoms with E-state index < -0.39 is 17.7 Å². The quantitative estimate of drug-likeness (QED) is 0.458. The Morgan fingerprint density at radius 2 is 1.81 bits per heavy atom. The average molecular weight is 432 g/mol. The molecule has 132 valence electrons. The zero-order chi connectivity index (χ0) is 18.7. The van der Waals surface area contributed by atoms with Gasteiger partial charge in [0.05, 0.1) is 18.5 Å². The molecule has 8 heteroatoms. The highest BCUT2D eigenvalue weighted by molar-refractivity contribution is 9.10. The number of halogens is 1. The Morgan fingerprint density at radius 1 is 1.15 bits per heavy atom. The molecule has 2 aromatic rings. The van der Waals surface area contributed by atoms with Crippen molar-refractivity contribution in [2.75, 3.05) is 12.0 Å². The van der Waals surface area contributed by atoms with Gasteiger partial charge in [0.25, 0.3) is 5.91 Å². The lowest BCUT2D eigenvalue weighted by Crippen LogP contribution is -2.58. The number of methoxy groups -OCH3 is 1. The van der Waals surface area contributed by atoms with Crippen LogP contribution in [0.1, 0.15) is 0 Å². The number of aliphatic imine (C=N–C) groups is 1. The van der Waals surface area contributed by atoms with Gasteiger partial charge in [0.1, 0.15) is 5.75 Å². The Morgan fingerprint density at radius 3 is 2.42 bits per heavy atom. The lowest BCUT2D eigenvalue weighted by atomic mass is 10.1. The molecule has 0 unspecified atom stereocenters. The third-order valence-electron chi connectivity index (χ3n) is 3.73. The minimum atomic E-state index is -1.06. The summed E-state index contributed by atoms with van der Waals surface area (Å²) in [5.41, 5.74) is 1.18. The van der Waals surface area contributed by atoms with Gasteiger partial charge in [-0.15, -0.1) is 0 Å². The fourth-order valence-corrected chi connectivity index (χ4v) is 2.95. The number of amides is 2. The maximum Gasteiger partial charge on any atom is 0.251 e. The van der Waals surface area contributed by atoms with E-state index in [4.69, 9.17) is 17.0 Å². The van der Waals surface area contributed by atoms with Crippen LogP contribution in [0.5, 0.6) is 5.75 Å². The Hall–Kier alpha value is -2.58. The van der Waals surface area contributed by atoms with Crippen LogP contribution in [-0.2, 0) is 9.59 Å². The van der Waals surface area contributed by atoms with Crippen molar-refractivity contribution in [3.05, 3.63) is 53.0 Å². The van der Waals surface area contributed by atoms with Gasteiger partial charge in [-0.3, -0.25) is 19.5 Å². The first-order valence-electron chi connectivity index (χ1n) is 7.62. The highest BCUT2D eigenvalue weighted by Crippen LogP contribution is 2.23. The molecular weight excluding hydrogens is 418 g/mol. The van der Waals surface area contributed by atoms with Crippen molar-refractivity contribution in [2.24, 2.45) is 10.9 Å². The number of nitrogens with one attached hydrogen (secondary N) is 1. The summed E-state index contributed by atoms with van der Waals surface area (Å²) in [7, 11) is 1.57. The third kappa shape index (κ3) is 3.81. The maximum atomic E-state index is 12.8. The molecule has 26 heavy (non-hydrogen) atoms. The molecule has 0 radical (unpaired) electrons. The first-order chi connectivity index (χ1) is 12.5. The van der Waals surface area contributed by atoms with E-state index in [1.165, 1.54) is 11.1 Å². The van der Waals surface area contributed by atoms with Crippen molar-refractivity contribution >= 4 is 62.7 Å². The number of hydrogen-bond acceptors (Lipinski definition) is 5. The van der Waals surface area contributed by atoms with E-state index in [1.54, 1.807) is 55.6 Å². The van der Waals surface area contributed by atoms with Crippen molar-refractivity contribution in [1.82, 2.24) is 5.32 Å². The SMILES string of the molecule is COc1ccc(N=C[C@@H]2C(=O)NC(=S)N(c3ccc(Br)cc3)C2=O)cc1. The van der Waals surface area contributed by atoms with Crippen LogP contribution in [0.3, 0.4) is 0 Å². The van der Waals surface area contributed by atoms with Crippen LogP contribution in [0, 0.1) is 5.92 Å². The van der Waals surface area contributed by atoms with Gasteiger partial charge in [0.2, 0.25) is 5.91 Å². The summed E-state index contributed by atoms with van der Waals surface area (Å²) in [6, 6.07) is 14.0. The first-order valence-corrected chi connectivity index (χ1v) is 8.82. The average Bonchev–Trinajstić information content (AvgIpc) is 2.63. The molecule has 1 fully saturated rings. The van der Waals surface area contributed by atoms with Crippen LogP contribution in [0.4, 0.5) is 11.4 Å². The lowest BCUT2D eigenvalue weighted by molar-refractivity contribution is -0.130. The topological polar surface area (TPSA) is 71.0 Å². The van der Waals surface area contributed by atoms with Gasteiger partial charge in [-0.2, -0.15) is 0 Å². The van der Waals surface area contributed by atoms with Gasteiger partial charge in [0.15, 0.2) is 11.0 Å². The minimum absolute atomic E-state index is 0.0522. The lowest BCUT2D eigenvalue weighted by Gasteiger charge is -2.30. The number of ether oxygens (including phenoxy) is 1. The Kier molecular flexibility index (Phi) is 5.43. The summed E-state index contributed by atoms with van der Waals surface area (Å²) >= 11 is 8.50. The molecule has 1 atom stereocenters. The summed E-state index contributed by atoms with van der Waals surface area (Å²) in [5.74, 6) is -1.31. The van der Waals surface area contributed by atoms with Crippen LogP contribution in [0.15, 0.2) is 58.0 Å². The number of anilines is 1. The molecule has 1 aliphatic heterocycles. The van der Waals surface area contributed by atoms with E-state index in [0.29, 0.717) is 17.1 Å². The van der Waals surface area contributed by atoms with Crippen LogP contribution < -0.4 is 15.0 Å². The van der Waals surface area contributed by atoms with Crippen molar-refractivity contribution in [2.45, 2.75) is 0 Å². The Labute approximate surface area is 164 Å². The third-order valence-corrected chi connectivity index (χ3v) is 4.55. The minimum Gasteiger partial charge on any atom is -0.497 e. The second-order valence-corrected chi connectivity index (χ2v) is 6.70. The molecule has 0 saturated carbocycles. The summed E-state index contributed by atoms with van der Waals surface area (Å²) in [6.45, 7) is 0. The Bertz CT molecular complexity index is 882. The first kappa shape index (κ1) is 18.2. The molecule has 1 saturated heterocycles. The molecule has 1 heterocycles. The second kappa shape index (κ2) is 7.76. The van der Waals surface area contributed by atoms with E-state index in [1.807, 2.05) is 0 Å². The van der Waals surface area contributed by atoms with E-state index >= 15 is 0 Å². The van der Waals surface area contributed by atoms with Gasteiger partial charge >= 0.3 is 0 Å². The molecule has 6 nitrogen and oxygen atoms in total. The molecule has 0 aromatic heterocycles. The van der Waals surface area contributed by atoms with E-state index in [0.717, 1.165) is 4.47 Å². The molecule has 3 rings (SSSR count). The maximum absolute atomic E-state index is 12.8. The van der Waals surface area contributed by atoms with E-state index in [2.05, 4.69) is 26.2 Å². The van der Waals surface area contributed by atoms with Gasteiger partial charge in [-0.1, -0.05) is 15.9 Å². The molecule has 2 aromatic carbocycles. The number of nitrogens with zero attached hydrogens (tertiary/aromatic N) is 2. The molecule has 0 aliphatic carbocycles. The number of rotatable bonds is 4. The van der Waals surface area contributed by atoms with Gasteiger partial charge < -0.3 is 10.1 Å². The van der Waals surface area contributed by atoms with Crippen molar-refractivity contribution in [3.8, 4) is 5.75 Å². The van der Waals surface area contributed by atoms with Gasteiger partial charge in [-0.05, 0) is 60.7 Å². The summed E-state index contributed by atoms with van der Waals surface area (Å²) in [4.78, 5) is 30.5. The van der Waals surface area contributed by atoms with Crippen molar-refractivity contribution in [3.63, 3.8) is 0 Å². The highest BCUT2D eigenvalue weighted by Gasteiger charge is 2.38. The Balaban J connectivity index is 1.84. The number of carbonyl (C=O) groups excluding carboxylic acids is 2. The van der Waals surface area contributed by atoms with Crippen molar-refractivity contribution in [1.29, 1.82) is 0 Å². The van der Waals surface area contributed by atoms with Crippen LogP contribution in [0.25, 0.3) is 0 Å². The summed E-state index contributed by atoms with van der Waals surface area (Å²) in [6.07, 6.45) is 1.33. The number of thiocarbonyl (C=S) groups is 1. The molecule has 1 aliphatic rings. The second-order valence-electron chi connectivity index (χ2n) is 5.40. The van der Waals surface area contributed by atoms with Crippen LogP contribution >= 0.6 is 28.1 Å². The zero-order valence-electron chi connectivity index (χ0n) is 13.7. The molecular formula is C18H14BrN3O3S. The summed E-state index contributed by atoms with van der Waals surface area (Å²) < 4.78 is 5.96. The van der Waals surface area contributed by atoms with Crippen molar-refractivity contribution < 1.29 is 14.3 Å². The highest BCUT2D eigenvalue weighted by atomic mass is 79.9.